The van der Waals surface area contributed by atoms with E-state index in [9.17, 15) is 9.18 Å². The van der Waals surface area contributed by atoms with Gasteiger partial charge < -0.3 is 0 Å². The lowest BCUT2D eigenvalue weighted by Crippen LogP contribution is -2.01. The molecule has 1 aromatic carbocycles. The summed E-state index contributed by atoms with van der Waals surface area (Å²) < 4.78 is 15.2. The van der Waals surface area contributed by atoms with E-state index in [1.54, 1.807) is 29.1 Å². The normalized spacial score (nSPS) is 11.1. The quantitative estimate of drug-likeness (QED) is 0.623. The predicted octanol–water partition coefficient (Wildman–Crippen LogP) is 3.25. The number of nitrogens with zero attached hydrogens (tertiary/aromatic N) is 2. The second-order valence-electron chi connectivity index (χ2n) is 4.18. The van der Waals surface area contributed by atoms with Gasteiger partial charge in [-0.1, -0.05) is 18.2 Å². The first-order valence-corrected chi connectivity index (χ1v) is 6.12. The highest BCUT2D eigenvalue weighted by atomic mass is 19.1. The molecule has 3 nitrogen and oxygen atoms in total. The number of aryl methyl sites for hydroxylation is 1. The van der Waals surface area contributed by atoms with E-state index in [1.165, 1.54) is 18.2 Å². The molecule has 4 heteroatoms. The lowest BCUT2D eigenvalue weighted by atomic mass is 10.1. The summed E-state index contributed by atoms with van der Waals surface area (Å²) in [5.41, 5.74) is 1.77. The minimum Gasteiger partial charge on any atom is -0.289 e. The van der Waals surface area contributed by atoms with Crippen LogP contribution in [0.1, 0.15) is 28.5 Å². The highest BCUT2D eigenvalue weighted by Gasteiger charge is 2.10. The molecule has 0 fully saturated rings. The van der Waals surface area contributed by atoms with Crippen molar-refractivity contribution < 1.29 is 9.18 Å². The fourth-order valence-electron chi connectivity index (χ4n) is 1.87. The molecule has 0 unspecified atom stereocenters. The molecule has 19 heavy (non-hydrogen) atoms. The molecule has 0 aliphatic carbocycles. The third-order valence-corrected chi connectivity index (χ3v) is 2.99. The Bertz CT molecular complexity index is 629. The third kappa shape index (κ3) is 2.78. The Kier molecular flexibility index (Phi) is 3.90. The number of rotatable bonds is 4. The van der Waals surface area contributed by atoms with E-state index in [2.05, 4.69) is 5.10 Å². The van der Waals surface area contributed by atoms with Gasteiger partial charge in [0, 0.05) is 17.8 Å². The summed E-state index contributed by atoms with van der Waals surface area (Å²) in [6.07, 6.45) is 4.41. The van der Waals surface area contributed by atoms with Crippen LogP contribution in [0.3, 0.4) is 0 Å². The topological polar surface area (TPSA) is 34.9 Å². The zero-order valence-electron chi connectivity index (χ0n) is 10.9. The maximum Gasteiger partial charge on any atom is 0.189 e. The number of allylic oxidation sites excluding steroid dienone is 1. The minimum absolute atomic E-state index is 0.166. The minimum atomic E-state index is -0.340. The fourth-order valence-corrected chi connectivity index (χ4v) is 1.87. The maximum absolute atomic E-state index is 13.4. The summed E-state index contributed by atoms with van der Waals surface area (Å²) in [4.78, 5) is 12.0. The molecule has 0 aliphatic rings. The van der Waals surface area contributed by atoms with Gasteiger partial charge >= 0.3 is 0 Å². The Balaban J connectivity index is 2.22. The molecule has 2 rings (SSSR count). The monoisotopic (exact) mass is 258 g/mol. The van der Waals surface area contributed by atoms with Gasteiger partial charge in [0.1, 0.15) is 5.82 Å². The molecular weight excluding hydrogens is 243 g/mol. The first kappa shape index (κ1) is 13.2. The number of aromatic nitrogens is 2. The Morgan fingerprint density at radius 1 is 1.42 bits per heavy atom. The molecule has 0 N–H and O–H groups in total. The van der Waals surface area contributed by atoms with Gasteiger partial charge in [-0.15, -0.1) is 0 Å². The Labute approximate surface area is 111 Å². The smallest absolute Gasteiger partial charge is 0.189 e. The zero-order valence-corrected chi connectivity index (χ0v) is 10.9. The average molecular weight is 258 g/mol. The number of halogens is 1. The molecular formula is C15H15FN2O. The van der Waals surface area contributed by atoms with Crippen LogP contribution in [-0.2, 0) is 6.54 Å². The number of benzene rings is 1. The van der Waals surface area contributed by atoms with Gasteiger partial charge in [0.25, 0.3) is 0 Å². The fraction of sp³-hybridized carbons (Fsp3) is 0.200. The largest absolute Gasteiger partial charge is 0.289 e. The molecule has 0 spiro atoms. The van der Waals surface area contributed by atoms with Crippen molar-refractivity contribution in [2.45, 2.75) is 20.4 Å². The predicted molar refractivity (Wildman–Crippen MR) is 72.4 cm³/mol. The number of hydrogen-bond acceptors (Lipinski definition) is 2. The molecule has 0 amide bonds. The van der Waals surface area contributed by atoms with Crippen molar-refractivity contribution in [1.82, 2.24) is 9.78 Å². The van der Waals surface area contributed by atoms with E-state index >= 15 is 0 Å². The molecule has 2 aromatic rings. The van der Waals surface area contributed by atoms with Gasteiger partial charge in [-0.25, -0.2) is 4.39 Å². The summed E-state index contributed by atoms with van der Waals surface area (Å²) >= 11 is 0. The van der Waals surface area contributed by atoms with Crippen molar-refractivity contribution in [3.63, 3.8) is 0 Å². The van der Waals surface area contributed by atoms with Crippen LogP contribution in [0.25, 0.3) is 6.08 Å². The van der Waals surface area contributed by atoms with E-state index in [0.29, 0.717) is 11.1 Å². The summed E-state index contributed by atoms with van der Waals surface area (Å²) in [7, 11) is 0. The van der Waals surface area contributed by atoms with Crippen LogP contribution in [0.15, 0.2) is 36.5 Å². The zero-order chi connectivity index (χ0) is 13.8. The lowest BCUT2D eigenvalue weighted by molar-refractivity contribution is 0.104. The van der Waals surface area contributed by atoms with E-state index in [1.807, 2.05) is 13.8 Å². The van der Waals surface area contributed by atoms with Crippen molar-refractivity contribution in [1.29, 1.82) is 0 Å². The van der Waals surface area contributed by atoms with Crippen molar-refractivity contribution in [3.8, 4) is 0 Å². The van der Waals surface area contributed by atoms with Crippen LogP contribution >= 0.6 is 0 Å². The molecule has 0 radical (unpaired) electrons. The van der Waals surface area contributed by atoms with Crippen LogP contribution in [0.2, 0.25) is 0 Å². The maximum atomic E-state index is 13.4. The Hall–Kier alpha value is -2.23. The third-order valence-electron chi connectivity index (χ3n) is 2.99. The summed E-state index contributed by atoms with van der Waals surface area (Å²) in [6, 6.07) is 6.34. The molecule has 0 bridgehead atoms. The summed E-state index contributed by atoms with van der Waals surface area (Å²) in [5, 5.41) is 4.12. The number of carbonyl (C=O) groups is 1. The second kappa shape index (κ2) is 5.61. The number of hydrogen-bond donors (Lipinski definition) is 0. The van der Waals surface area contributed by atoms with E-state index < -0.39 is 0 Å². The molecule has 1 aromatic heterocycles. The van der Waals surface area contributed by atoms with Gasteiger partial charge in [-0.2, -0.15) is 5.10 Å². The van der Waals surface area contributed by atoms with Gasteiger partial charge in [-0.3, -0.25) is 9.48 Å². The second-order valence-corrected chi connectivity index (χ2v) is 4.18. The first-order valence-electron chi connectivity index (χ1n) is 6.12. The highest BCUT2D eigenvalue weighted by Crippen LogP contribution is 2.12. The molecule has 0 saturated carbocycles. The number of ketones is 1. The highest BCUT2D eigenvalue weighted by molar-refractivity contribution is 6.07. The Morgan fingerprint density at radius 2 is 2.16 bits per heavy atom. The van der Waals surface area contributed by atoms with E-state index in [4.69, 9.17) is 0 Å². The van der Waals surface area contributed by atoms with Crippen LogP contribution in [0.4, 0.5) is 4.39 Å². The van der Waals surface area contributed by atoms with Crippen LogP contribution < -0.4 is 0 Å². The standard InChI is InChI=1S/C15H15FN2O/c1-3-18-11(2)13(10-17-18)15(19)9-8-12-6-4-5-7-14(12)16/h4-10H,3H2,1-2H3/b9-8+. The average Bonchev–Trinajstić information content (AvgIpc) is 2.78. The number of carbonyl (C=O) groups excluding carboxylic acids is 1. The van der Waals surface area contributed by atoms with Crippen LogP contribution in [0, 0.1) is 12.7 Å². The van der Waals surface area contributed by atoms with Gasteiger partial charge in [-0.05, 0) is 32.1 Å². The lowest BCUT2D eigenvalue weighted by Gasteiger charge is -1.99. The summed E-state index contributed by atoms with van der Waals surface area (Å²) in [6.45, 7) is 4.53. The van der Waals surface area contributed by atoms with Crippen molar-refractivity contribution in [3.05, 3.63) is 59.2 Å². The Morgan fingerprint density at radius 3 is 2.79 bits per heavy atom. The van der Waals surface area contributed by atoms with Crippen molar-refractivity contribution in [2.75, 3.05) is 0 Å². The van der Waals surface area contributed by atoms with E-state index in [-0.39, 0.29) is 11.6 Å². The molecule has 0 aliphatic heterocycles. The van der Waals surface area contributed by atoms with Gasteiger partial charge in [0.2, 0.25) is 0 Å². The van der Waals surface area contributed by atoms with Crippen molar-refractivity contribution in [2.24, 2.45) is 0 Å². The summed E-state index contributed by atoms with van der Waals surface area (Å²) in [5.74, 6) is -0.507. The van der Waals surface area contributed by atoms with Gasteiger partial charge in [0.15, 0.2) is 5.78 Å². The van der Waals surface area contributed by atoms with E-state index in [0.717, 1.165) is 12.2 Å². The van der Waals surface area contributed by atoms with Crippen LogP contribution in [-0.4, -0.2) is 15.6 Å². The van der Waals surface area contributed by atoms with Gasteiger partial charge in [0.05, 0.1) is 11.8 Å². The van der Waals surface area contributed by atoms with Crippen molar-refractivity contribution >= 4 is 11.9 Å². The SMILES string of the molecule is CCn1ncc(C(=O)/C=C/c2ccccc2F)c1C. The first-order chi connectivity index (χ1) is 9.13. The molecule has 1 heterocycles. The molecule has 98 valence electrons. The molecule has 0 saturated heterocycles. The molecule has 0 atom stereocenters. The van der Waals surface area contributed by atoms with Crippen LogP contribution in [0.5, 0.6) is 0 Å².